The Kier molecular flexibility index (Phi) is 5.23. The SMILES string of the molecule is O=S(=O)(c1ccc(-c2ncc(Cl)c(Nc3cc(C4CC4)[nH]n3)n2)s1)N1CCOCC1. The lowest BCUT2D eigenvalue weighted by Gasteiger charge is -2.25. The first kappa shape index (κ1) is 19.9. The number of rotatable bonds is 6. The lowest BCUT2D eigenvalue weighted by Crippen LogP contribution is -2.40. The van der Waals surface area contributed by atoms with Crippen molar-refractivity contribution < 1.29 is 13.2 Å². The standard InChI is InChI=1S/C18H19ClN6O3S2/c19-12-10-20-18(22-17(12)21-15-9-13(23-24-15)11-1-2-11)14-3-4-16(29-14)30(26,27)25-5-7-28-8-6-25/h3-4,9-11H,1-2,5-8H2,(H2,20,21,22,23,24). The molecule has 2 aliphatic rings. The van der Waals surface area contributed by atoms with E-state index < -0.39 is 10.0 Å². The van der Waals surface area contributed by atoms with Gasteiger partial charge in [0.05, 0.1) is 24.3 Å². The third-order valence-electron chi connectivity index (χ3n) is 4.97. The molecule has 0 bridgehead atoms. The Balaban J connectivity index is 1.38. The van der Waals surface area contributed by atoms with Crippen LogP contribution in [-0.4, -0.2) is 59.2 Å². The van der Waals surface area contributed by atoms with Crippen LogP contribution in [0, 0.1) is 0 Å². The molecule has 0 spiro atoms. The van der Waals surface area contributed by atoms with Crippen LogP contribution in [0.1, 0.15) is 24.5 Å². The van der Waals surface area contributed by atoms with E-state index in [1.165, 1.54) is 23.3 Å². The van der Waals surface area contributed by atoms with Crippen LogP contribution >= 0.6 is 22.9 Å². The molecule has 2 fully saturated rings. The second kappa shape index (κ2) is 7.89. The smallest absolute Gasteiger partial charge is 0.252 e. The van der Waals surface area contributed by atoms with Crippen LogP contribution in [0.3, 0.4) is 0 Å². The van der Waals surface area contributed by atoms with Crippen LogP contribution in [-0.2, 0) is 14.8 Å². The maximum atomic E-state index is 12.9. The van der Waals surface area contributed by atoms with Crippen molar-refractivity contribution in [3.8, 4) is 10.7 Å². The van der Waals surface area contributed by atoms with Crippen LogP contribution in [0.2, 0.25) is 5.02 Å². The predicted molar refractivity (Wildman–Crippen MR) is 114 cm³/mol. The summed E-state index contributed by atoms with van der Waals surface area (Å²) < 4.78 is 32.6. The van der Waals surface area contributed by atoms with Gasteiger partial charge in [-0.2, -0.15) is 9.40 Å². The number of thiophene rings is 1. The number of hydrogen-bond donors (Lipinski definition) is 2. The quantitative estimate of drug-likeness (QED) is 0.573. The van der Waals surface area contributed by atoms with E-state index in [0.717, 1.165) is 17.0 Å². The Morgan fingerprint density at radius 1 is 1.27 bits per heavy atom. The average molecular weight is 467 g/mol. The van der Waals surface area contributed by atoms with Gasteiger partial charge in [0.2, 0.25) is 0 Å². The molecule has 1 saturated heterocycles. The summed E-state index contributed by atoms with van der Waals surface area (Å²) in [6.07, 6.45) is 3.85. The molecule has 30 heavy (non-hydrogen) atoms. The van der Waals surface area contributed by atoms with Crippen LogP contribution < -0.4 is 5.32 Å². The average Bonchev–Trinajstić information content (AvgIpc) is 3.29. The highest BCUT2D eigenvalue weighted by atomic mass is 35.5. The normalized spacial score (nSPS) is 17.9. The Bertz CT molecular complexity index is 1170. The number of anilines is 2. The van der Waals surface area contributed by atoms with Gasteiger partial charge >= 0.3 is 0 Å². The van der Waals surface area contributed by atoms with E-state index >= 15 is 0 Å². The topological polar surface area (TPSA) is 113 Å². The van der Waals surface area contributed by atoms with Gasteiger partial charge in [-0.05, 0) is 25.0 Å². The second-order valence-corrected chi connectivity index (χ2v) is 10.8. The molecule has 3 aromatic rings. The Hall–Kier alpha value is -2.05. The molecule has 0 radical (unpaired) electrons. The van der Waals surface area contributed by atoms with Crippen molar-refractivity contribution in [1.82, 2.24) is 24.5 Å². The highest BCUT2D eigenvalue weighted by Crippen LogP contribution is 2.40. The van der Waals surface area contributed by atoms with E-state index in [0.29, 0.717) is 59.6 Å². The first-order chi connectivity index (χ1) is 14.5. The number of H-pyrrole nitrogens is 1. The third-order valence-corrected chi connectivity index (χ3v) is 8.70. The van der Waals surface area contributed by atoms with Crippen molar-refractivity contribution in [2.75, 3.05) is 31.6 Å². The van der Waals surface area contributed by atoms with Crippen molar-refractivity contribution in [3.63, 3.8) is 0 Å². The van der Waals surface area contributed by atoms with E-state index in [9.17, 15) is 8.42 Å². The summed E-state index contributed by atoms with van der Waals surface area (Å²) in [5.41, 5.74) is 1.10. The van der Waals surface area contributed by atoms with Gasteiger partial charge < -0.3 is 10.1 Å². The van der Waals surface area contributed by atoms with E-state index in [1.54, 1.807) is 12.1 Å². The Morgan fingerprint density at radius 3 is 2.83 bits per heavy atom. The predicted octanol–water partition coefficient (Wildman–Crippen LogP) is 3.22. The van der Waals surface area contributed by atoms with Crippen LogP contribution in [0.5, 0.6) is 0 Å². The summed E-state index contributed by atoms with van der Waals surface area (Å²) in [6, 6.07) is 5.25. The third kappa shape index (κ3) is 3.95. The van der Waals surface area contributed by atoms with Gasteiger partial charge in [0.25, 0.3) is 10.0 Å². The van der Waals surface area contributed by atoms with Crippen molar-refractivity contribution >= 4 is 44.6 Å². The molecule has 5 rings (SSSR count). The van der Waals surface area contributed by atoms with Gasteiger partial charge in [-0.15, -0.1) is 11.3 Å². The minimum Gasteiger partial charge on any atom is -0.379 e. The molecule has 1 aliphatic heterocycles. The molecular weight excluding hydrogens is 448 g/mol. The summed E-state index contributed by atoms with van der Waals surface area (Å²) in [7, 11) is -3.56. The molecule has 1 saturated carbocycles. The zero-order valence-corrected chi connectivity index (χ0v) is 18.2. The van der Waals surface area contributed by atoms with Gasteiger partial charge in [0, 0.05) is 30.8 Å². The van der Waals surface area contributed by atoms with Gasteiger partial charge in [-0.1, -0.05) is 11.6 Å². The Morgan fingerprint density at radius 2 is 2.07 bits per heavy atom. The highest BCUT2D eigenvalue weighted by Gasteiger charge is 2.28. The van der Waals surface area contributed by atoms with Crippen molar-refractivity contribution in [1.29, 1.82) is 0 Å². The monoisotopic (exact) mass is 466 g/mol. The van der Waals surface area contributed by atoms with Gasteiger partial charge in [0.15, 0.2) is 17.5 Å². The number of nitrogens with zero attached hydrogens (tertiary/aromatic N) is 4. The number of morpholine rings is 1. The molecule has 158 valence electrons. The maximum absolute atomic E-state index is 12.9. The number of aromatic amines is 1. The fourth-order valence-corrected chi connectivity index (χ4v) is 6.14. The molecule has 3 aromatic heterocycles. The first-order valence-corrected chi connectivity index (χ1v) is 12.2. The fraction of sp³-hybridized carbons (Fsp3) is 0.389. The van der Waals surface area contributed by atoms with Gasteiger partial charge in [0.1, 0.15) is 9.23 Å². The van der Waals surface area contributed by atoms with Crippen molar-refractivity contribution in [3.05, 3.63) is 35.1 Å². The van der Waals surface area contributed by atoms with E-state index in [4.69, 9.17) is 16.3 Å². The molecule has 0 unspecified atom stereocenters. The van der Waals surface area contributed by atoms with Gasteiger partial charge in [-0.25, -0.2) is 18.4 Å². The summed E-state index contributed by atoms with van der Waals surface area (Å²) in [5.74, 6) is 2.00. The van der Waals surface area contributed by atoms with Gasteiger partial charge in [-0.3, -0.25) is 5.10 Å². The molecule has 1 aliphatic carbocycles. The number of nitrogens with one attached hydrogen (secondary N) is 2. The Labute approximate surface area is 182 Å². The molecule has 4 heterocycles. The maximum Gasteiger partial charge on any atom is 0.252 e. The minimum atomic E-state index is -3.56. The first-order valence-electron chi connectivity index (χ1n) is 9.54. The minimum absolute atomic E-state index is 0.258. The van der Waals surface area contributed by atoms with E-state index in [2.05, 4.69) is 25.5 Å². The number of halogens is 1. The zero-order chi connectivity index (χ0) is 20.7. The second-order valence-electron chi connectivity index (χ2n) is 7.13. The van der Waals surface area contributed by atoms with Crippen LogP contribution in [0.25, 0.3) is 10.7 Å². The molecule has 2 N–H and O–H groups in total. The fourth-order valence-electron chi connectivity index (χ4n) is 3.19. The summed E-state index contributed by atoms with van der Waals surface area (Å²) in [4.78, 5) is 9.40. The lowest BCUT2D eigenvalue weighted by molar-refractivity contribution is 0.0731. The van der Waals surface area contributed by atoms with E-state index in [1.807, 2.05) is 6.07 Å². The number of sulfonamides is 1. The molecule has 0 aromatic carbocycles. The number of aromatic nitrogens is 4. The van der Waals surface area contributed by atoms with Crippen molar-refractivity contribution in [2.45, 2.75) is 23.0 Å². The number of hydrogen-bond acceptors (Lipinski definition) is 8. The summed E-state index contributed by atoms with van der Waals surface area (Å²) >= 11 is 7.39. The highest BCUT2D eigenvalue weighted by molar-refractivity contribution is 7.91. The van der Waals surface area contributed by atoms with Crippen LogP contribution in [0.15, 0.2) is 28.6 Å². The molecule has 0 amide bonds. The van der Waals surface area contributed by atoms with Crippen LogP contribution in [0.4, 0.5) is 11.6 Å². The number of ether oxygens (including phenoxy) is 1. The summed E-state index contributed by atoms with van der Waals surface area (Å²) in [6.45, 7) is 1.52. The molecule has 12 heteroatoms. The largest absolute Gasteiger partial charge is 0.379 e. The zero-order valence-electron chi connectivity index (χ0n) is 15.8. The lowest BCUT2D eigenvalue weighted by atomic mass is 10.3. The summed E-state index contributed by atoms with van der Waals surface area (Å²) in [5, 5.41) is 10.8. The van der Waals surface area contributed by atoms with Crippen molar-refractivity contribution in [2.24, 2.45) is 0 Å². The molecule has 9 nitrogen and oxygen atoms in total. The van der Waals surface area contributed by atoms with E-state index in [-0.39, 0.29) is 4.21 Å². The molecular formula is C18H19ClN6O3S2. The molecule has 0 atom stereocenters.